The molecule has 5 nitrogen and oxygen atoms in total. The van der Waals surface area contributed by atoms with Crippen molar-refractivity contribution >= 4 is 5.97 Å². The molecule has 0 bridgehead atoms. The van der Waals surface area contributed by atoms with Gasteiger partial charge in [-0.05, 0) is 86.4 Å². The van der Waals surface area contributed by atoms with Gasteiger partial charge < -0.3 is 10.0 Å². The van der Waals surface area contributed by atoms with Crippen molar-refractivity contribution in [2.24, 2.45) is 17.8 Å². The predicted octanol–water partition coefficient (Wildman–Crippen LogP) is 5.91. The fraction of sp³-hybridized carbons (Fsp3) is 0.600. The zero-order valence-electron chi connectivity index (χ0n) is 22.1. The minimum atomic E-state index is -3.09. The Kier molecular flexibility index (Phi) is 8.57. The number of aliphatic carboxylic acids is 1. The predicted molar refractivity (Wildman–Crippen MR) is 139 cm³/mol. The van der Waals surface area contributed by atoms with E-state index in [4.69, 9.17) is 0 Å². The summed E-state index contributed by atoms with van der Waals surface area (Å²) in [4.78, 5) is 20.1. The van der Waals surface area contributed by atoms with Crippen LogP contribution >= 0.6 is 0 Å². The fourth-order valence-electron chi connectivity index (χ4n) is 6.43. The van der Waals surface area contributed by atoms with E-state index in [1.807, 2.05) is 6.07 Å². The maximum absolute atomic E-state index is 14.6. The second kappa shape index (κ2) is 11.9. The number of alkyl halides is 2. The molecule has 5 rings (SSSR count). The lowest BCUT2D eigenvalue weighted by molar-refractivity contribution is -0.143. The number of carboxylic acids is 1. The molecule has 212 valence electrons. The number of carboxylic acid groups (broad SMARTS) is 1. The lowest BCUT2D eigenvalue weighted by Crippen LogP contribution is -2.42. The number of hydrogen-bond donors (Lipinski definition) is 1. The second-order valence-corrected chi connectivity index (χ2v) is 11.8. The van der Waals surface area contributed by atoms with Crippen molar-refractivity contribution < 1.29 is 27.5 Å². The molecule has 1 aromatic carbocycles. The van der Waals surface area contributed by atoms with Crippen molar-refractivity contribution in [3.05, 3.63) is 65.5 Å². The number of piperidine rings is 1. The standard InChI is InChI=1S/C30H37F4N3O2/c31-24-3-1-2-22(15-24)26-19-37(27(29(38)39)14-21-4-5-21)18-23(26)17-36-12-9-20(10-13-36)8-11-30(33,34)28-7-6-25(32)16-35-28/h1-3,6-7,15-16,20-21,23,26-27H,4-5,8-14,17-19H2,(H,38,39). The van der Waals surface area contributed by atoms with Crippen LogP contribution in [-0.2, 0) is 10.7 Å². The molecule has 1 aromatic heterocycles. The molecule has 0 amide bonds. The molecule has 2 aliphatic heterocycles. The van der Waals surface area contributed by atoms with Crippen molar-refractivity contribution in [2.45, 2.75) is 62.8 Å². The van der Waals surface area contributed by atoms with E-state index >= 15 is 0 Å². The van der Waals surface area contributed by atoms with Crippen molar-refractivity contribution in [2.75, 3.05) is 32.7 Å². The average molecular weight is 548 g/mol. The van der Waals surface area contributed by atoms with Crippen molar-refractivity contribution in [1.29, 1.82) is 0 Å². The Balaban J connectivity index is 1.18. The molecule has 2 saturated heterocycles. The van der Waals surface area contributed by atoms with Crippen LogP contribution in [0.15, 0.2) is 42.6 Å². The summed E-state index contributed by atoms with van der Waals surface area (Å²) in [5, 5.41) is 9.95. The smallest absolute Gasteiger partial charge is 0.320 e. The van der Waals surface area contributed by atoms with Gasteiger partial charge in [0.05, 0.1) is 6.20 Å². The third-order valence-electron chi connectivity index (χ3n) is 8.89. The van der Waals surface area contributed by atoms with Crippen LogP contribution in [0.25, 0.3) is 0 Å². The van der Waals surface area contributed by atoms with E-state index in [9.17, 15) is 27.5 Å². The summed E-state index contributed by atoms with van der Waals surface area (Å²) in [5.41, 5.74) is 0.515. The highest BCUT2D eigenvalue weighted by atomic mass is 19.3. The number of nitrogens with zero attached hydrogens (tertiary/aromatic N) is 3. The molecule has 1 aliphatic carbocycles. The number of pyridine rings is 1. The van der Waals surface area contributed by atoms with Gasteiger partial charge in [0.1, 0.15) is 23.4 Å². The third kappa shape index (κ3) is 7.17. The van der Waals surface area contributed by atoms with Gasteiger partial charge in [-0.1, -0.05) is 25.0 Å². The van der Waals surface area contributed by atoms with Gasteiger partial charge in [0.25, 0.3) is 5.92 Å². The van der Waals surface area contributed by atoms with Gasteiger partial charge in [-0.15, -0.1) is 0 Å². The van der Waals surface area contributed by atoms with Crippen LogP contribution in [0.3, 0.4) is 0 Å². The van der Waals surface area contributed by atoms with Gasteiger partial charge in [-0.2, -0.15) is 8.78 Å². The summed E-state index contributed by atoms with van der Waals surface area (Å²) in [6.45, 7) is 3.61. The maximum Gasteiger partial charge on any atom is 0.320 e. The number of aromatic nitrogens is 1. The molecule has 3 heterocycles. The second-order valence-electron chi connectivity index (χ2n) is 11.8. The van der Waals surface area contributed by atoms with E-state index in [1.54, 1.807) is 12.1 Å². The van der Waals surface area contributed by atoms with E-state index in [-0.39, 0.29) is 30.0 Å². The van der Waals surface area contributed by atoms with Crippen LogP contribution in [0.1, 0.15) is 62.1 Å². The highest BCUT2D eigenvalue weighted by Crippen LogP contribution is 2.40. The third-order valence-corrected chi connectivity index (χ3v) is 8.89. The quantitative estimate of drug-likeness (QED) is 0.355. The van der Waals surface area contributed by atoms with Gasteiger partial charge in [0.2, 0.25) is 0 Å². The van der Waals surface area contributed by atoms with E-state index < -0.39 is 29.4 Å². The normalized spacial score (nSPS) is 24.2. The molecule has 2 aromatic rings. The summed E-state index contributed by atoms with van der Waals surface area (Å²) in [5.74, 6) is -3.91. The Morgan fingerprint density at radius 1 is 1.03 bits per heavy atom. The van der Waals surface area contributed by atoms with Crippen LogP contribution in [-0.4, -0.2) is 64.6 Å². The highest BCUT2D eigenvalue weighted by Gasteiger charge is 2.42. The Bertz CT molecular complexity index is 1120. The number of hydrogen-bond acceptors (Lipinski definition) is 4. The zero-order valence-corrected chi connectivity index (χ0v) is 22.1. The van der Waals surface area contributed by atoms with E-state index in [0.717, 1.165) is 69.2 Å². The SMILES string of the molecule is O=C(O)C(CC1CC1)N1CC(CN2CCC(CCC(F)(F)c3ccc(F)cn3)CC2)C(c2cccc(F)c2)C1. The molecule has 1 N–H and O–H groups in total. The number of benzene rings is 1. The molecule has 3 aliphatic rings. The largest absolute Gasteiger partial charge is 0.480 e. The first-order valence-electron chi connectivity index (χ1n) is 14.1. The first kappa shape index (κ1) is 28.0. The minimum Gasteiger partial charge on any atom is -0.480 e. The average Bonchev–Trinajstić information content (AvgIpc) is 3.65. The maximum atomic E-state index is 14.6. The van der Waals surface area contributed by atoms with Gasteiger partial charge in [-0.25, -0.2) is 8.78 Å². The number of rotatable bonds is 11. The van der Waals surface area contributed by atoms with Crippen LogP contribution in [0.4, 0.5) is 17.6 Å². The lowest BCUT2D eigenvalue weighted by atomic mass is 9.86. The Morgan fingerprint density at radius 2 is 1.79 bits per heavy atom. The van der Waals surface area contributed by atoms with Gasteiger partial charge in [0, 0.05) is 32.0 Å². The summed E-state index contributed by atoms with van der Waals surface area (Å²) >= 11 is 0. The molecule has 3 fully saturated rings. The molecule has 1 saturated carbocycles. The van der Waals surface area contributed by atoms with Gasteiger partial charge >= 0.3 is 5.97 Å². The van der Waals surface area contributed by atoms with Crippen LogP contribution < -0.4 is 0 Å². The topological polar surface area (TPSA) is 56.7 Å². The number of carbonyl (C=O) groups is 1. The van der Waals surface area contributed by atoms with E-state index in [2.05, 4.69) is 14.8 Å². The van der Waals surface area contributed by atoms with Crippen LogP contribution in [0.2, 0.25) is 0 Å². The molecular weight excluding hydrogens is 510 g/mol. The zero-order chi connectivity index (χ0) is 27.6. The summed E-state index contributed by atoms with van der Waals surface area (Å²) < 4.78 is 56.4. The molecule has 3 atom stereocenters. The van der Waals surface area contributed by atoms with E-state index in [0.29, 0.717) is 31.8 Å². The minimum absolute atomic E-state index is 0.0429. The lowest BCUT2D eigenvalue weighted by Gasteiger charge is -2.35. The molecule has 0 radical (unpaired) electrons. The van der Waals surface area contributed by atoms with Gasteiger partial charge in [0.15, 0.2) is 0 Å². The van der Waals surface area contributed by atoms with Crippen molar-refractivity contribution in [1.82, 2.24) is 14.8 Å². The van der Waals surface area contributed by atoms with Crippen molar-refractivity contribution in [3.8, 4) is 0 Å². The fourth-order valence-corrected chi connectivity index (χ4v) is 6.43. The first-order chi connectivity index (χ1) is 18.7. The summed E-state index contributed by atoms with van der Waals surface area (Å²) in [6.07, 6.45) is 5.37. The van der Waals surface area contributed by atoms with Crippen molar-refractivity contribution in [3.63, 3.8) is 0 Å². The molecule has 9 heteroatoms. The first-order valence-corrected chi connectivity index (χ1v) is 14.1. The van der Waals surface area contributed by atoms with E-state index in [1.165, 1.54) is 6.07 Å². The molecule has 39 heavy (non-hydrogen) atoms. The molecular formula is C30H37F4N3O2. The summed E-state index contributed by atoms with van der Waals surface area (Å²) in [7, 11) is 0. The molecule has 3 unspecified atom stereocenters. The monoisotopic (exact) mass is 547 g/mol. The Labute approximate surface area is 227 Å². The summed E-state index contributed by atoms with van der Waals surface area (Å²) in [6, 6.07) is 8.20. The highest BCUT2D eigenvalue weighted by molar-refractivity contribution is 5.73. The number of halogens is 4. The van der Waals surface area contributed by atoms with Gasteiger partial charge in [-0.3, -0.25) is 14.7 Å². The Morgan fingerprint density at radius 3 is 2.44 bits per heavy atom. The van der Waals surface area contributed by atoms with Crippen LogP contribution in [0, 0.1) is 29.4 Å². The number of likely N-dealkylation sites (tertiary alicyclic amines) is 2. The van der Waals surface area contributed by atoms with Crippen LogP contribution in [0.5, 0.6) is 0 Å². The molecule has 0 spiro atoms. The Hall–Kier alpha value is -2.52.